The fraction of sp³-hybridized carbons (Fsp3) is 0.684. The van der Waals surface area contributed by atoms with E-state index in [-0.39, 0.29) is 36.4 Å². The van der Waals surface area contributed by atoms with Gasteiger partial charge in [0.2, 0.25) is 11.7 Å². The van der Waals surface area contributed by atoms with Crippen LogP contribution in [-0.2, 0) is 9.53 Å². The molecule has 2 saturated heterocycles. The quantitative estimate of drug-likeness (QED) is 0.814. The lowest BCUT2D eigenvalue weighted by Gasteiger charge is -2.32. The molecule has 2 amide bonds. The summed E-state index contributed by atoms with van der Waals surface area (Å²) in [6.07, 6.45) is 7.36. The number of hydrogen-bond acceptors (Lipinski definition) is 5. The summed E-state index contributed by atoms with van der Waals surface area (Å²) in [7, 11) is 0. The molecule has 2 atom stereocenters. The zero-order chi connectivity index (χ0) is 18.1. The Morgan fingerprint density at radius 1 is 1.23 bits per heavy atom. The van der Waals surface area contributed by atoms with Crippen molar-refractivity contribution in [3.63, 3.8) is 0 Å². The van der Waals surface area contributed by atoms with Crippen molar-refractivity contribution in [1.82, 2.24) is 19.8 Å². The summed E-state index contributed by atoms with van der Waals surface area (Å²) in [5, 5.41) is 0. The second-order valence-electron chi connectivity index (χ2n) is 7.75. The van der Waals surface area contributed by atoms with Crippen LogP contribution in [0.4, 0.5) is 0 Å². The minimum Gasteiger partial charge on any atom is -0.368 e. The maximum atomic E-state index is 12.7. The number of likely N-dealkylation sites (tertiary alicyclic amines) is 2. The average molecular weight is 358 g/mol. The third-order valence-electron chi connectivity index (χ3n) is 5.75. The number of rotatable bonds is 4. The van der Waals surface area contributed by atoms with E-state index in [4.69, 9.17) is 4.74 Å². The van der Waals surface area contributed by atoms with Gasteiger partial charge in [-0.15, -0.1) is 0 Å². The molecule has 1 saturated carbocycles. The number of carbonyl (C=O) groups excluding carboxylic acids is 2. The molecule has 26 heavy (non-hydrogen) atoms. The maximum Gasteiger partial charge on any atom is 0.291 e. The Hall–Kier alpha value is -2.02. The van der Waals surface area contributed by atoms with Gasteiger partial charge in [-0.2, -0.15) is 0 Å². The van der Waals surface area contributed by atoms with Crippen LogP contribution in [-0.4, -0.2) is 70.0 Å². The van der Waals surface area contributed by atoms with Crippen LogP contribution in [0, 0.1) is 12.8 Å². The topological polar surface area (TPSA) is 75.6 Å². The van der Waals surface area contributed by atoms with Gasteiger partial charge in [0.05, 0.1) is 6.10 Å². The zero-order valence-electron chi connectivity index (χ0n) is 15.3. The van der Waals surface area contributed by atoms with Gasteiger partial charge >= 0.3 is 0 Å². The van der Waals surface area contributed by atoms with E-state index < -0.39 is 0 Å². The van der Waals surface area contributed by atoms with E-state index in [1.54, 1.807) is 17.2 Å². The first-order chi connectivity index (χ1) is 12.6. The number of aromatic nitrogens is 2. The third kappa shape index (κ3) is 3.58. The van der Waals surface area contributed by atoms with E-state index in [9.17, 15) is 9.59 Å². The summed E-state index contributed by atoms with van der Waals surface area (Å²) in [4.78, 5) is 37.4. The van der Waals surface area contributed by atoms with Crippen LogP contribution in [0.2, 0.25) is 0 Å². The van der Waals surface area contributed by atoms with Gasteiger partial charge in [-0.1, -0.05) is 12.8 Å². The van der Waals surface area contributed by atoms with Crippen LogP contribution in [0.15, 0.2) is 12.3 Å². The Morgan fingerprint density at radius 2 is 2.04 bits per heavy atom. The van der Waals surface area contributed by atoms with E-state index in [1.807, 2.05) is 11.8 Å². The summed E-state index contributed by atoms with van der Waals surface area (Å²) < 4.78 is 5.79. The van der Waals surface area contributed by atoms with Gasteiger partial charge in [0.15, 0.2) is 0 Å². The normalized spacial score (nSPS) is 25.7. The standard InChI is InChI=1S/C19H26N4O3/c1-13-6-7-20-18(21-13)19(25)22-9-14-8-15(11-22)23(10-14)17(24)12-26-16-4-2-3-5-16/h6-7,14-16H,2-5,8-12H2,1H3. The molecule has 3 fully saturated rings. The van der Waals surface area contributed by atoms with Crippen molar-refractivity contribution in [1.29, 1.82) is 0 Å². The van der Waals surface area contributed by atoms with E-state index in [2.05, 4.69) is 9.97 Å². The van der Waals surface area contributed by atoms with E-state index in [0.717, 1.165) is 31.5 Å². The summed E-state index contributed by atoms with van der Waals surface area (Å²) in [5.41, 5.74) is 0.782. The Bertz CT molecular complexity index is 689. The molecule has 140 valence electrons. The van der Waals surface area contributed by atoms with Crippen molar-refractivity contribution in [2.75, 3.05) is 26.2 Å². The van der Waals surface area contributed by atoms with Gasteiger partial charge in [0.1, 0.15) is 6.61 Å². The predicted molar refractivity (Wildman–Crippen MR) is 94.5 cm³/mol. The van der Waals surface area contributed by atoms with Crippen molar-refractivity contribution < 1.29 is 14.3 Å². The second kappa shape index (κ2) is 7.31. The molecular formula is C19H26N4O3. The minimum absolute atomic E-state index is 0.0607. The average Bonchev–Trinajstić information content (AvgIpc) is 3.26. The monoisotopic (exact) mass is 358 g/mol. The Kier molecular flexibility index (Phi) is 4.89. The molecule has 3 aliphatic rings. The lowest BCUT2D eigenvalue weighted by atomic mass is 10.00. The second-order valence-corrected chi connectivity index (χ2v) is 7.75. The molecule has 2 bridgehead atoms. The van der Waals surface area contributed by atoms with Crippen molar-refractivity contribution in [3.05, 3.63) is 23.8 Å². The highest BCUT2D eigenvalue weighted by molar-refractivity contribution is 5.90. The molecule has 0 aromatic carbocycles. The highest BCUT2D eigenvalue weighted by atomic mass is 16.5. The van der Waals surface area contributed by atoms with Gasteiger partial charge in [-0.3, -0.25) is 9.59 Å². The molecule has 1 aliphatic carbocycles. The molecule has 4 rings (SSSR count). The minimum atomic E-state index is -0.139. The lowest BCUT2D eigenvalue weighted by molar-refractivity contribution is -0.139. The summed E-state index contributed by atoms with van der Waals surface area (Å²) in [6.45, 7) is 3.96. The Labute approximate surface area is 153 Å². The molecule has 0 spiro atoms. The van der Waals surface area contributed by atoms with Gasteiger partial charge in [-0.25, -0.2) is 9.97 Å². The maximum absolute atomic E-state index is 12.7. The molecule has 2 aliphatic heterocycles. The first-order valence-corrected chi connectivity index (χ1v) is 9.60. The molecule has 7 heteroatoms. The Balaban J connectivity index is 1.36. The number of piperidine rings is 1. The SMILES string of the molecule is Cc1ccnc(C(=O)N2CC3CC(C2)N(C(=O)COC2CCCC2)C3)n1. The van der Waals surface area contributed by atoms with Crippen LogP contribution in [0.1, 0.15) is 48.4 Å². The number of ether oxygens (including phenoxy) is 1. The largest absolute Gasteiger partial charge is 0.368 e. The highest BCUT2D eigenvalue weighted by Crippen LogP contribution is 2.30. The van der Waals surface area contributed by atoms with Gasteiger partial charge in [0, 0.05) is 37.6 Å². The molecule has 1 aromatic rings. The van der Waals surface area contributed by atoms with Crippen molar-refractivity contribution in [3.8, 4) is 0 Å². The fourth-order valence-electron chi connectivity index (χ4n) is 4.45. The van der Waals surface area contributed by atoms with Gasteiger partial charge in [-0.05, 0) is 38.2 Å². The van der Waals surface area contributed by atoms with E-state index >= 15 is 0 Å². The van der Waals surface area contributed by atoms with Crippen LogP contribution < -0.4 is 0 Å². The number of hydrogen-bond donors (Lipinski definition) is 0. The fourth-order valence-corrected chi connectivity index (χ4v) is 4.45. The molecule has 1 aromatic heterocycles. The number of nitrogens with zero attached hydrogens (tertiary/aromatic N) is 4. The van der Waals surface area contributed by atoms with Crippen molar-refractivity contribution in [2.45, 2.75) is 51.2 Å². The van der Waals surface area contributed by atoms with Gasteiger partial charge < -0.3 is 14.5 Å². The van der Waals surface area contributed by atoms with Crippen molar-refractivity contribution in [2.24, 2.45) is 5.92 Å². The lowest BCUT2D eigenvalue weighted by Crippen LogP contribution is -2.47. The van der Waals surface area contributed by atoms with Gasteiger partial charge in [0.25, 0.3) is 5.91 Å². The molecular weight excluding hydrogens is 332 g/mol. The smallest absolute Gasteiger partial charge is 0.291 e. The molecule has 0 radical (unpaired) electrons. The third-order valence-corrected chi connectivity index (χ3v) is 5.75. The molecule has 0 N–H and O–H groups in total. The molecule has 3 heterocycles. The Morgan fingerprint density at radius 3 is 2.81 bits per heavy atom. The highest BCUT2D eigenvalue weighted by Gasteiger charge is 2.42. The van der Waals surface area contributed by atoms with Crippen LogP contribution >= 0.6 is 0 Å². The predicted octanol–water partition coefficient (Wildman–Crippen LogP) is 1.42. The number of amides is 2. The first kappa shape index (κ1) is 17.4. The number of carbonyl (C=O) groups is 2. The van der Waals surface area contributed by atoms with Crippen LogP contribution in [0.25, 0.3) is 0 Å². The number of fused-ring (bicyclic) bond motifs is 2. The van der Waals surface area contributed by atoms with E-state index in [0.29, 0.717) is 19.0 Å². The van der Waals surface area contributed by atoms with E-state index in [1.165, 1.54) is 12.8 Å². The first-order valence-electron chi connectivity index (χ1n) is 9.60. The summed E-state index contributed by atoms with van der Waals surface area (Å²) in [5.74, 6) is 0.497. The van der Waals surface area contributed by atoms with Crippen molar-refractivity contribution >= 4 is 11.8 Å². The summed E-state index contributed by atoms with van der Waals surface area (Å²) in [6, 6.07) is 1.86. The zero-order valence-corrected chi connectivity index (χ0v) is 15.3. The van der Waals surface area contributed by atoms with Crippen LogP contribution in [0.3, 0.4) is 0 Å². The molecule has 2 unspecified atom stereocenters. The summed E-state index contributed by atoms with van der Waals surface area (Å²) >= 11 is 0. The van der Waals surface area contributed by atoms with Crippen LogP contribution in [0.5, 0.6) is 0 Å². The number of aryl methyl sites for hydroxylation is 1. The molecule has 7 nitrogen and oxygen atoms in total.